The third-order valence-electron chi connectivity index (χ3n) is 3.04. The van der Waals surface area contributed by atoms with Crippen molar-refractivity contribution in [3.63, 3.8) is 0 Å². The lowest BCUT2D eigenvalue weighted by molar-refractivity contribution is -0.159. The molecule has 1 aliphatic heterocycles. The van der Waals surface area contributed by atoms with E-state index in [-0.39, 0.29) is 5.91 Å². The number of ether oxygens (including phenoxy) is 1. The van der Waals surface area contributed by atoms with Crippen LogP contribution >= 0.6 is 15.9 Å². The van der Waals surface area contributed by atoms with Crippen LogP contribution in [-0.4, -0.2) is 47.2 Å². The highest BCUT2D eigenvalue weighted by atomic mass is 79.9. The Morgan fingerprint density at radius 2 is 2.15 bits per heavy atom. The second-order valence-electron chi connectivity index (χ2n) is 4.92. The molecule has 108 valence electrons. The van der Waals surface area contributed by atoms with Crippen molar-refractivity contribution < 1.29 is 23.8 Å². The molecule has 0 saturated carbocycles. The molecule has 0 bridgehead atoms. The molecule has 1 aromatic carbocycles. The monoisotopic (exact) mass is 345 g/mol. The first-order valence-corrected chi connectivity index (χ1v) is 6.70. The van der Waals surface area contributed by atoms with Gasteiger partial charge in [0.25, 0.3) is 5.91 Å². The van der Waals surface area contributed by atoms with Crippen molar-refractivity contribution >= 4 is 27.8 Å². The Morgan fingerprint density at radius 1 is 1.50 bits per heavy atom. The van der Waals surface area contributed by atoms with E-state index >= 15 is 0 Å². The first kappa shape index (κ1) is 14.9. The summed E-state index contributed by atoms with van der Waals surface area (Å²) >= 11 is 3.15. The van der Waals surface area contributed by atoms with Gasteiger partial charge in [-0.25, -0.2) is 9.18 Å². The van der Waals surface area contributed by atoms with Crippen LogP contribution in [0.1, 0.15) is 17.3 Å². The molecule has 1 aliphatic rings. The topological polar surface area (TPSA) is 66.8 Å². The number of nitrogens with zero attached hydrogens (tertiary/aromatic N) is 1. The zero-order valence-electron chi connectivity index (χ0n) is 10.7. The van der Waals surface area contributed by atoms with Crippen LogP contribution in [0.3, 0.4) is 0 Å². The van der Waals surface area contributed by atoms with Gasteiger partial charge in [-0.1, -0.05) is 0 Å². The summed E-state index contributed by atoms with van der Waals surface area (Å²) < 4.78 is 18.6. The van der Waals surface area contributed by atoms with E-state index in [4.69, 9.17) is 9.84 Å². The van der Waals surface area contributed by atoms with Crippen molar-refractivity contribution in [2.24, 2.45) is 0 Å². The number of carbonyl (C=O) groups excluding carboxylic acids is 1. The number of hydrogen-bond acceptors (Lipinski definition) is 3. The number of aliphatic carboxylic acids is 1. The Labute approximate surface area is 123 Å². The fraction of sp³-hybridized carbons (Fsp3) is 0.385. The quantitative estimate of drug-likeness (QED) is 0.904. The molecule has 5 nitrogen and oxygen atoms in total. The average molecular weight is 346 g/mol. The van der Waals surface area contributed by atoms with Gasteiger partial charge in [-0.15, -0.1) is 0 Å². The Hall–Kier alpha value is -1.47. The highest BCUT2D eigenvalue weighted by molar-refractivity contribution is 9.10. The van der Waals surface area contributed by atoms with Crippen LogP contribution in [0, 0.1) is 5.82 Å². The number of likely N-dealkylation sites (tertiary alicyclic amines) is 1. The van der Waals surface area contributed by atoms with Gasteiger partial charge in [0.1, 0.15) is 18.0 Å². The predicted molar refractivity (Wildman–Crippen MR) is 72.0 cm³/mol. The minimum Gasteiger partial charge on any atom is -0.480 e. The van der Waals surface area contributed by atoms with E-state index in [0.29, 0.717) is 23.1 Å². The van der Waals surface area contributed by atoms with Crippen molar-refractivity contribution in [3.8, 4) is 0 Å². The van der Waals surface area contributed by atoms with E-state index in [2.05, 4.69) is 15.9 Å². The van der Waals surface area contributed by atoms with Gasteiger partial charge < -0.3 is 14.7 Å². The molecule has 1 N–H and O–H groups in total. The first-order chi connectivity index (χ1) is 9.31. The molecular weight excluding hydrogens is 333 g/mol. The van der Waals surface area contributed by atoms with Gasteiger partial charge in [-0.2, -0.15) is 0 Å². The van der Waals surface area contributed by atoms with Gasteiger partial charge in [0.15, 0.2) is 0 Å². The van der Waals surface area contributed by atoms with E-state index in [1.54, 1.807) is 6.92 Å². The van der Waals surface area contributed by atoms with Crippen LogP contribution in [0.4, 0.5) is 4.39 Å². The second kappa shape index (κ2) is 5.49. The first-order valence-electron chi connectivity index (χ1n) is 5.91. The number of rotatable bonds is 4. The molecule has 1 amide bonds. The lowest BCUT2D eigenvalue weighted by Gasteiger charge is -2.47. The van der Waals surface area contributed by atoms with Gasteiger partial charge in [-0.3, -0.25) is 4.79 Å². The van der Waals surface area contributed by atoms with Crippen molar-refractivity contribution in [1.29, 1.82) is 0 Å². The Kier molecular flexibility index (Phi) is 4.10. The van der Waals surface area contributed by atoms with Crippen LogP contribution in [0.2, 0.25) is 0 Å². The summed E-state index contributed by atoms with van der Waals surface area (Å²) in [6.07, 6.45) is 0. The molecule has 1 aromatic rings. The second-order valence-corrected chi connectivity index (χ2v) is 5.77. The summed E-state index contributed by atoms with van der Waals surface area (Å²) in [5, 5.41) is 8.56. The van der Waals surface area contributed by atoms with Gasteiger partial charge in [0.05, 0.1) is 18.7 Å². The molecule has 7 heteroatoms. The number of halogens is 2. The Balaban J connectivity index is 1.98. The zero-order valence-corrected chi connectivity index (χ0v) is 12.3. The van der Waals surface area contributed by atoms with E-state index in [1.807, 2.05) is 0 Å². The summed E-state index contributed by atoms with van der Waals surface area (Å²) in [6, 6.07) is 3.86. The molecule has 1 fully saturated rings. The predicted octanol–water partition coefficient (Wildman–Crippen LogP) is 1.90. The van der Waals surface area contributed by atoms with Crippen molar-refractivity contribution in [3.05, 3.63) is 34.1 Å². The fourth-order valence-electron chi connectivity index (χ4n) is 2.07. The molecule has 1 heterocycles. The summed E-state index contributed by atoms with van der Waals surface area (Å²) in [4.78, 5) is 24.2. The highest BCUT2D eigenvalue weighted by Gasteiger charge is 2.43. The third-order valence-corrected chi connectivity index (χ3v) is 3.70. The maximum Gasteiger partial charge on any atom is 0.329 e. The lowest BCUT2D eigenvalue weighted by Crippen LogP contribution is -2.63. The third kappa shape index (κ3) is 3.16. The lowest BCUT2D eigenvalue weighted by atomic mass is 9.95. The fourth-order valence-corrected chi connectivity index (χ4v) is 2.59. The number of amides is 1. The molecule has 0 spiro atoms. The zero-order chi connectivity index (χ0) is 14.9. The van der Waals surface area contributed by atoms with Crippen molar-refractivity contribution in [1.82, 2.24) is 4.90 Å². The SMILES string of the molecule is CC1(OCC(=O)O)CN(C(=O)c2ccc(F)cc2Br)C1. The normalized spacial score (nSPS) is 16.6. The minimum absolute atomic E-state index is 0.242. The average Bonchev–Trinajstić information content (AvgIpc) is 2.32. The van der Waals surface area contributed by atoms with Crippen LogP contribution in [0.15, 0.2) is 22.7 Å². The minimum atomic E-state index is -1.04. The summed E-state index contributed by atoms with van der Waals surface area (Å²) in [5.41, 5.74) is -0.271. The molecule has 0 unspecified atom stereocenters. The standard InChI is InChI=1S/C13H13BrFNO4/c1-13(20-5-11(17)18)6-16(7-13)12(19)9-3-2-8(15)4-10(9)14/h2-4H,5-7H2,1H3,(H,17,18). The highest BCUT2D eigenvalue weighted by Crippen LogP contribution is 2.28. The van der Waals surface area contributed by atoms with E-state index in [1.165, 1.54) is 23.1 Å². The molecule has 0 atom stereocenters. The molecule has 20 heavy (non-hydrogen) atoms. The van der Waals surface area contributed by atoms with Gasteiger partial charge >= 0.3 is 5.97 Å². The van der Waals surface area contributed by atoms with Crippen LogP contribution in [0.25, 0.3) is 0 Å². The van der Waals surface area contributed by atoms with E-state index < -0.39 is 24.0 Å². The van der Waals surface area contributed by atoms with Gasteiger partial charge in [0.2, 0.25) is 0 Å². The van der Waals surface area contributed by atoms with Crippen molar-refractivity contribution in [2.75, 3.05) is 19.7 Å². The molecule has 0 radical (unpaired) electrons. The Morgan fingerprint density at radius 3 is 2.70 bits per heavy atom. The largest absolute Gasteiger partial charge is 0.480 e. The molecule has 0 aliphatic carbocycles. The smallest absolute Gasteiger partial charge is 0.329 e. The number of carbonyl (C=O) groups is 2. The molecule has 2 rings (SSSR count). The van der Waals surface area contributed by atoms with Crippen LogP contribution < -0.4 is 0 Å². The molecule has 1 saturated heterocycles. The van der Waals surface area contributed by atoms with E-state index in [9.17, 15) is 14.0 Å². The van der Waals surface area contributed by atoms with Crippen LogP contribution in [-0.2, 0) is 9.53 Å². The van der Waals surface area contributed by atoms with E-state index in [0.717, 1.165) is 0 Å². The number of hydrogen-bond donors (Lipinski definition) is 1. The van der Waals surface area contributed by atoms with Gasteiger partial charge in [0, 0.05) is 4.47 Å². The Bertz CT molecular complexity index is 557. The maximum absolute atomic E-state index is 13.0. The number of carboxylic acids is 1. The van der Waals surface area contributed by atoms with Crippen LogP contribution in [0.5, 0.6) is 0 Å². The van der Waals surface area contributed by atoms with Crippen molar-refractivity contribution in [2.45, 2.75) is 12.5 Å². The molecule has 0 aromatic heterocycles. The number of carboxylic acid groups (broad SMARTS) is 1. The number of benzene rings is 1. The van der Waals surface area contributed by atoms with Gasteiger partial charge in [-0.05, 0) is 41.1 Å². The molecular formula is C13H13BrFNO4. The summed E-state index contributed by atoms with van der Waals surface area (Å²) in [5.74, 6) is -1.71. The maximum atomic E-state index is 13.0. The summed E-state index contributed by atoms with van der Waals surface area (Å²) in [7, 11) is 0. The summed E-state index contributed by atoms with van der Waals surface area (Å²) in [6.45, 7) is 1.98.